The molecule has 37 heavy (non-hydrogen) atoms. The minimum Gasteiger partial charge on any atom is -0.326 e. The van der Waals surface area contributed by atoms with Crippen molar-refractivity contribution in [3.63, 3.8) is 0 Å². The zero-order chi connectivity index (χ0) is 26.3. The maximum atomic E-state index is 13.0. The van der Waals surface area contributed by atoms with Gasteiger partial charge in [0.25, 0.3) is 5.91 Å². The molecule has 1 aliphatic rings. The van der Waals surface area contributed by atoms with E-state index in [4.69, 9.17) is 58.0 Å². The second-order valence-corrected chi connectivity index (χ2v) is 11.2. The summed E-state index contributed by atoms with van der Waals surface area (Å²) in [5.41, 5.74) is 2.70. The Balaban J connectivity index is 1.29. The van der Waals surface area contributed by atoms with E-state index in [1.165, 1.54) is 12.1 Å². The second kappa shape index (κ2) is 10.2. The molecule has 0 saturated heterocycles. The van der Waals surface area contributed by atoms with Gasteiger partial charge in [-0.25, -0.2) is 4.98 Å². The molecule has 11 heteroatoms. The normalized spacial score (nSPS) is 17.8. The summed E-state index contributed by atoms with van der Waals surface area (Å²) < 4.78 is 0.518. The summed E-state index contributed by atoms with van der Waals surface area (Å²) in [5, 5.41) is 6.65. The number of nitrogens with zero attached hydrogens (tertiary/aromatic N) is 2. The highest BCUT2D eigenvalue weighted by Gasteiger charge is 2.67. The third-order valence-electron chi connectivity index (χ3n) is 5.99. The van der Waals surface area contributed by atoms with Crippen molar-refractivity contribution in [3.8, 4) is 5.69 Å². The summed E-state index contributed by atoms with van der Waals surface area (Å²) in [5.74, 6) is -2.08. The van der Waals surface area contributed by atoms with Gasteiger partial charge < -0.3 is 15.2 Å². The van der Waals surface area contributed by atoms with Crippen molar-refractivity contribution < 1.29 is 9.59 Å². The Bertz CT molecular complexity index is 1470. The van der Waals surface area contributed by atoms with Crippen LogP contribution in [-0.2, 0) is 4.79 Å². The number of imidazole rings is 1. The molecule has 1 aliphatic carbocycles. The zero-order valence-corrected chi connectivity index (χ0v) is 22.5. The number of carbonyl (C=O) groups is 2. The number of halogens is 5. The number of amides is 2. The van der Waals surface area contributed by atoms with Crippen molar-refractivity contribution in [1.82, 2.24) is 9.55 Å². The predicted octanol–water partition coefficient (Wildman–Crippen LogP) is 7.61. The Morgan fingerprint density at radius 3 is 2.19 bits per heavy atom. The average molecular weight is 595 g/mol. The summed E-state index contributed by atoms with van der Waals surface area (Å²) in [7, 11) is 0. The smallest absolute Gasteiger partial charge is 0.257 e. The van der Waals surface area contributed by atoms with Crippen molar-refractivity contribution in [1.29, 1.82) is 0 Å². The van der Waals surface area contributed by atoms with Crippen LogP contribution in [0, 0.1) is 5.92 Å². The molecule has 2 N–H and O–H groups in total. The molecule has 3 aromatic carbocycles. The van der Waals surface area contributed by atoms with Gasteiger partial charge in [-0.2, -0.15) is 0 Å². The molecular formula is C26H17Cl5N4O2. The molecule has 1 saturated carbocycles. The van der Waals surface area contributed by atoms with Crippen molar-refractivity contribution in [3.05, 3.63) is 106 Å². The highest BCUT2D eigenvalue weighted by molar-refractivity contribution is 6.53. The van der Waals surface area contributed by atoms with Crippen LogP contribution in [0.25, 0.3) is 5.69 Å². The first kappa shape index (κ1) is 25.9. The van der Waals surface area contributed by atoms with E-state index in [2.05, 4.69) is 15.6 Å². The monoisotopic (exact) mass is 592 g/mol. The van der Waals surface area contributed by atoms with Crippen LogP contribution in [0.15, 0.2) is 79.4 Å². The van der Waals surface area contributed by atoms with Gasteiger partial charge in [0.15, 0.2) is 0 Å². The first-order chi connectivity index (χ1) is 17.6. The van der Waals surface area contributed by atoms with E-state index in [0.29, 0.717) is 27.0 Å². The highest BCUT2D eigenvalue weighted by atomic mass is 35.5. The fraction of sp³-hybridized carbons (Fsp3) is 0.115. The number of nitrogens with one attached hydrogen (secondary N) is 2. The fourth-order valence-corrected chi connectivity index (χ4v) is 5.72. The van der Waals surface area contributed by atoms with Crippen molar-refractivity contribution >= 4 is 81.2 Å². The lowest BCUT2D eigenvalue weighted by molar-refractivity contribution is -0.117. The first-order valence-corrected chi connectivity index (χ1v) is 12.9. The maximum Gasteiger partial charge on any atom is 0.257 e. The minimum atomic E-state index is -1.33. The largest absolute Gasteiger partial charge is 0.326 e. The SMILES string of the molecule is O=C(Nc1ccc(-n2ccnc2)cc1)c1cc(NC(=O)[C@H]2[C@H](c3cc(Cl)cc(Cl)c3)C2(Cl)Cl)ccc1Cl. The van der Waals surface area contributed by atoms with Gasteiger partial charge in [0.2, 0.25) is 5.91 Å². The Kier molecular flexibility index (Phi) is 7.14. The average Bonchev–Trinajstić information content (AvgIpc) is 3.16. The Hall–Kier alpha value is -2.74. The molecule has 0 radical (unpaired) electrons. The van der Waals surface area contributed by atoms with E-state index in [9.17, 15) is 9.59 Å². The van der Waals surface area contributed by atoms with Gasteiger partial charge in [-0.3, -0.25) is 9.59 Å². The lowest BCUT2D eigenvalue weighted by Crippen LogP contribution is -2.18. The van der Waals surface area contributed by atoms with Gasteiger partial charge in [0.1, 0.15) is 4.33 Å². The number of alkyl halides is 2. The molecule has 0 unspecified atom stereocenters. The van der Waals surface area contributed by atoms with Gasteiger partial charge in [0, 0.05) is 45.4 Å². The van der Waals surface area contributed by atoms with Crippen LogP contribution in [0.1, 0.15) is 21.8 Å². The predicted molar refractivity (Wildman–Crippen MR) is 149 cm³/mol. The van der Waals surface area contributed by atoms with Crippen molar-refractivity contribution in [2.75, 3.05) is 10.6 Å². The fourth-order valence-electron chi connectivity index (χ4n) is 4.15. The molecule has 1 fully saturated rings. The molecule has 2 atom stereocenters. The third-order valence-corrected chi connectivity index (χ3v) is 7.69. The molecule has 4 aromatic rings. The number of hydrogen-bond donors (Lipinski definition) is 2. The number of hydrogen-bond acceptors (Lipinski definition) is 3. The molecule has 5 rings (SSSR count). The van der Waals surface area contributed by atoms with E-state index >= 15 is 0 Å². The number of carbonyl (C=O) groups excluding carboxylic acids is 2. The van der Waals surface area contributed by atoms with Gasteiger partial charge in [-0.15, -0.1) is 23.2 Å². The Morgan fingerprint density at radius 2 is 1.54 bits per heavy atom. The topological polar surface area (TPSA) is 76.0 Å². The molecule has 6 nitrogen and oxygen atoms in total. The zero-order valence-electron chi connectivity index (χ0n) is 18.8. The number of benzene rings is 3. The summed E-state index contributed by atoms with van der Waals surface area (Å²) in [6.45, 7) is 0. The summed E-state index contributed by atoms with van der Waals surface area (Å²) in [6, 6.07) is 16.8. The first-order valence-electron chi connectivity index (χ1n) is 11.0. The molecule has 2 amide bonds. The van der Waals surface area contributed by atoms with E-state index in [1.807, 2.05) is 22.9 Å². The van der Waals surface area contributed by atoms with Gasteiger partial charge in [-0.1, -0.05) is 34.8 Å². The molecule has 0 spiro atoms. The molecular weight excluding hydrogens is 578 g/mol. The van der Waals surface area contributed by atoms with Crippen molar-refractivity contribution in [2.45, 2.75) is 10.3 Å². The van der Waals surface area contributed by atoms with Crippen LogP contribution >= 0.6 is 58.0 Å². The van der Waals surface area contributed by atoms with E-state index in [1.54, 1.807) is 48.9 Å². The quantitative estimate of drug-likeness (QED) is 0.226. The standard InChI is InChI=1S/C26H17Cl5N4O2/c27-15-9-14(10-16(28)11-15)22-23(26(22,30)31)25(37)34-18-3-6-21(29)20(12-18)24(36)33-17-1-4-19(5-2-17)35-8-7-32-13-35/h1-13,22-23H,(H,33,36)(H,34,37)/t22-,23+/m0/s1. The van der Waals surface area contributed by atoms with E-state index in [-0.39, 0.29) is 10.6 Å². The minimum absolute atomic E-state index is 0.190. The van der Waals surface area contributed by atoms with E-state index < -0.39 is 28.0 Å². The maximum absolute atomic E-state index is 13.0. The number of rotatable bonds is 6. The van der Waals surface area contributed by atoms with Gasteiger partial charge in [0.05, 0.1) is 22.8 Å². The van der Waals surface area contributed by atoms with Gasteiger partial charge >= 0.3 is 0 Å². The lowest BCUT2D eigenvalue weighted by Gasteiger charge is -2.11. The lowest BCUT2D eigenvalue weighted by atomic mass is 10.1. The van der Waals surface area contributed by atoms with Crippen LogP contribution in [0.3, 0.4) is 0 Å². The van der Waals surface area contributed by atoms with Crippen LogP contribution in [-0.4, -0.2) is 25.7 Å². The number of aromatic nitrogens is 2. The Morgan fingerprint density at radius 1 is 0.865 bits per heavy atom. The summed E-state index contributed by atoms with van der Waals surface area (Å²) in [6.07, 6.45) is 5.18. The number of anilines is 2. The highest BCUT2D eigenvalue weighted by Crippen LogP contribution is 2.65. The molecule has 1 heterocycles. The van der Waals surface area contributed by atoms with E-state index in [0.717, 1.165) is 5.69 Å². The third kappa shape index (κ3) is 5.44. The van der Waals surface area contributed by atoms with Crippen LogP contribution < -0.4 is 10.6 Å². The summed E-state index contributed by atoms with van der Waals surface area (Å²) >= 11 is 31.4. The molecule has 188 valence electrons. The second-order valence-electron chi connectivity index (χ2n) is 8.49. The molecule has 0 aliphatic heterocycles. The van der Waals surface area contributed by atoms with Crippen LogP contribution in [0.4, 0.5) is 11.4 Å². The van der Waals surface area contributed by atoms with Crippen molar-refractivity contribution in [2.24, 2.45) is 5.92 Å². The Labute approximate surface area is 237 Å². The van der Waals surface area contributed by atoms with Crippen LogP contribution in [0.2, 0.25) is 15.1 Å². The molecule has 0 bridgehead atoms. The van der Waals surface area contributed by atoms with Crippen LogP contribution in [0.5, 0.6) is 0 Å². The summed E-state index contributed by atoms with van der Waals surface area (Å²) in [4.78, 5) is 30.0. The van der Waals surface area contributed by atoms with Gasteiger partial charge in [-0.05, 0) is 66.2 Å². The molecule has 1 aromatic heterocycles.